The molecule has 0 aliphatic heterocycles. The molecule has 1 aromatic heterocycles. The average Bonchev–Trinajstić information content (AvgIpc) is 2.38. The molecule has 0 bridgehead atoms. The molecule has 0 spiro atoms. The Morgan fingerprint density at radius 3 is 2.42 bits per heavy atom. The van der Waals surface area contributed by atoms with Gasteiger partial charge in [-0.05, 0) is 31.5 Å². The van der Waals surface area contributed by atoms with E-state index in [0.717, 1.165) is 0 Å². The Labute approximate surface area is 116 Å². The Balaban J connectivity index is 2.68. The summed E-state index contributed by atoms with van der Waals surface area (Å²) in [5.74, 6) is 0. The van der Waals surface area contributed by atoms with Crippen molar-refractivity contribution < 1.29 is 13.6 Å². The number of hydrogen-bond acceptors (Lipinski definition) is 5. The summed E-state index contributed by atoms with van der Waals surface area (Å²) in [6.07, 6.45) is 0. The Bertz CT molecular complexity index is 625. The lowest BCUT2D eigenvalue weighted by molar-refractivity contribution is 0.229. The molecule has 0 saturated carbocycles. The Morgan fingerprint density at radius 2 is 1.79 bits per heavy atom. The fourth-order valence-electron chi connectivity index (χ4n) is 1.74. The highest BCUT2D eigenvalue weighted by molar-refractivity contribution is 7.62. The third kappa shape index (κ3) is 2.95. The zero-order valence-corrected chi connectivity index (χ0v) is 12.3. The summed E-state index contributed by atoms with van der Waals surface area (Å²) in [7, 11) is -3.48. The number of benzene rings is 1. The molecule has 0 radical (unpaired) electrons. The second kappa shape index (κ2) is 5.97. The third-order valence-electron chi connectivity index (χ3n) is 2.41. The summed E-state index contributed by atoms with van der Waals surface area (Å²) < 4.78 is 23.4. The van der Waals surface area contributed by atoms with Crippen molar-refractivity contribution in [1.29, 1.82) is 0 Å². The molecule has 0 aliphatic rings. The minimum Gasteiger partial charge on any atom is -0.304 e. The molecule has 2 rings (SSSR count). The normalized spacial score (nSPS) is 11.9. The maximum atomic E-state index is 12.8. The van der Waals surface area contributed by atoms with E-state index in [-0.39, 0.29) is 23.9 Å². The largest absolute Gasteiger partial charge is 0.380 e. The number of aromatic nitrogens is 2. The fourth-order valence-corrected chi connectivity index (χ4v) is 3.68. The van der Waals surface area contributed by atoms with E-state index < -0.39 is 7.60 Å². The summed E-state index contributed by atoms with van der Waals surface area (Å²) in [6, 6.07) is 7.17. The zero-order chi connectivity index (χ0) is 13.9. The standard InChI is InChI=1S/C12H14ClN2O3P/c1-3-17-19(16,18-4-2)11-9-7-5-6-8-10(9)14-12(13)15-11/h5-8H,3-4H2,1-2H3. The first-order chi connectivity index (χ1) is 9.10. The van der Waals surface area contributed by atoms with Crippen LogP contribution in [-0.2, 0) is 13.6 Å². The van der Waals surface area contributed by atoms with Gasteiger partial charge in [-0.2, -0.15) is 0 Å². The fraction of sp³-hybridized carbons (Fsp3) is 0.333. The highest BCUT2D eigenvalue weighted by atomic mass is 35.5. The van der Waals surface area contributed by atoms with Gasteiger partial charge in [-0.15, -0.1) is 0 Å². The quantitative estimate of drug-likeness (QED) is 0.627. The van der Waals surface area contributed by atoms with Gasteiger partial charge in [-0.1, -0.05) is 18.2 Å². The van der Waals surface area contributed by atoms with Gasteiger partial charge in [0.25, 0.3) is 0 Å². The maximum absolute atomic E-state index is 12.8. The molecule has 0 saturated heterocycles. The molecule has 0 atom stereocenters. The lowest BCUT2D eigenvalue weighted by Crippen LogP contribution is -2.16. The van der Waals surface area contributed by atoms with Crippen LogP contribution in [-0.4, -0.2) is 23.2 Å². The summed E-state index contributed by atoms with van der Waals surface area (Å²) in [5.41, 5.74) is 0.823. The highest BCUT2D eigenvalue weighted by Crippen LogP contribution is 2.47. The second-order valence-corrected chi connectivity index (χ2v) is 5.94. The van der Waals surface area contributed by atoms with Crippen molar-refractivity contribution in [3.05, 3.63) is 29.5 Å². The number of para-hydroxylation sites is 1. The predicted molar refractivity (Wildman–Crippen MR) is 75.0 cm³/mol. The highest BCUT2D eigenvalue weighted by Gasteiger charge is 2.31. The van der Waals surface area contributed by atoms with Gasteiger partial charge in [0.05, 0.1) is 18.7 Å². The number of rotatable bonds is 5. The van der Waals surface area contributed by atoms with Crippen molar-refractivity contribution in [2.45, 2.75) is 13.8 Å². The Hall–Kier alpha value is -1.00. The van der Waals surface area contributed by atoms with Crippen LogP contribution in [0.4, 0.5) is 0 Å². The van der Waals surface area contributed by atoms with E-state index in [1.54, 1.807) is 26.0 Å². The molecule has 1 heterocycles. The van der Waals surface area contributed by atoms with Crippen LogP contribution in [0.3, 0.4) is 0 Å². The van der Waals surface area contributed by atoms with E-state index in [1.807, 2.05) is 12.1 Å². The molecule has 5 nitrogen and oxygen atoms in total. The maximum Gasteiger partial charge on any atom is 0.380 e. The van der Waals surface area contributed by atoms with Gasteiger partial charge in [0.2, 0.25) is 5.28 Å². The first-order valence-corrected chi connectivity index (χ1v) is 7.84. The van der Waals surface area contributed by atoms with E-state index >= 15 is 0 Å². The van der Waals surface area contributed by atoms with Crippen molar-refractivity contribution in [3.8, 4) is 0 Å². The van der Waals surface area contributed by atoms with Crippen LogP contribution in [0, 0.1) is 0 Å². The number of nitrogens with zero attached hydrogens (tertiary/aromatic N) is 2. The smallest absolute Gasteiger partial charge is 0.304 e. The van der Waals surface area contributed by atoms with Crippen molar-refractivity contribution >= 4 is 35.5 Å². The average molecular weight is 301 g/mol. The molecule has 1 aromatic carbocycles. The van der Waals surface area contributed by atoms with Crippen molar-refractivity contribution in [1.82, 2.24) is 9.97 Å². The summed E-state index contributed by atoms with van der Waals surface area (Å²) in [4.78, 5) is 8.14. The molecule has 19 heavy (non-hydrogen) atoms. The van der Waals surface area contributed by atoms with Crippen molar-refractivity contribution in [2.75, 3.05) is 13.2 Å². The molecule has 102 valence electrons. The van der Waals surface area contributed by atoms with Gasteiger partial charge in [-0.3, -0.25) is 4.57 Å². The van der Waals surface area contributed by atoms with E-state index in [9.17, 15) is 4.57 Å². The molecular weight excluding hydrogens is 287 g/mol. The summed E-state index contributed by atoms with van der Waals surface area (Å²) in [5, 5.41) is 0.644. The van der Waals surface area contributed by atoms with E-state index in [0.29, 0.717) is 10.9 Å². The van der Waals surface area contributed by atoms with Crippen LogP contribution in [0.1, 0.15) is 13.8 Å². The molecule has 7 heteroatoms. The topological polar surface area (TPSA) is 61.3 Å². The first kappa shape index (κ1) is 14.4. The summed E-state index contributed by atoms with van der Waals surface area (Å²) in [6.45, 7) is 4.01. The van der Waals surface area contributed by atoms with Crippen molar-refractivity contribution in [3.63, 3.8) is 0 Å². The lowest BCUT2D eigenvalue weighted by Gasteiger charge is -2.17. The van der Waals surface area contributed by atoms with E-state index in [1.165, 1.54) is 0 Å². The van der Waals surface area contributed by atoms with E-state index in [2.05, 4.69) is 9.97 Å². The molecule has 2 aromatic rings. The predicted octanol–water partition coefficient (Wildman–Crippen LogP) is 3.17. The molecule has 0 amide bonds. The molecule has 0 fully saturated rings. The van der Waals surface area contributed by atoms with Crippen LogP contribution in [0.15, 0.2) is 24.3 Å². The van der Waals surface area contributed by atoms with Gasteiger partial charge >= 0.3 is 7.60 Å². The van der Waals surface area contributed by atoms with Crippen LogP contribution in [0.5, 0.6) is 0 Å². The number of halogens is 1. The SMILES string of the molecule is CCOP(=O)(OCC)c1nc(Cl)nc2ccccc12. The first-order valence-electron chi connectivity index (χ1n) is 5.92. The van der Waals surface area contributed by atoms with Crippen LogP contribution in [0.25, 0.3) is 10.9 Å². The zero-order valence-electron chi connectivity index (χ0n) is 10.7. The van der Waals surface area contributed by atoms with Crippen LogP contribution >= 0.6 is 19.2 Å². The number of fused-ring (bicyclic) bond motifs is 1. The summed E-state index contributed by atoms with van der Waals surface area (Å²) >= 11 is 5.88. The third-order valence-corrected chi connectivity index (χ3v) is 4.64. The Kier molecular flexibility index (Phi) is 4.53. The molecule has 0 unspecified atom stereocenters. The molecule has 0 N–H and O–H groups in total. The van der Waals surface area contributed by atoms with E-state index in [4.69, 9.17) is 20.6 Å². The van der Waals surface area contributed by atoms with Gasteiger partial charge in [0.1, 0.15) is 0 Å². The van der Waals surface area contributed by atoms with Crippen molar-refractivity contribution in [2.24, 2.45) is 0 Å². The van der Waals surface area contributed by atoms with Crippen LogP contribution in [0.2, 0.25) is 5.28 Å². The minimum absolute atomic E-state index is 0.0216. The second-order valence-electron chi connectivity index (χ2n) is 3.67. The molecule has 0 aliphatic carbocycles. The van der Waals surface area contributed by atoms with Gasteiger partial charge < -0.3 is 9.05 Å². The molecular formula is C12H14ClN2O3P. The Morgan fingerprint density at radius 1 is 1.16 bits per heavy atom. The van der Waals surface area contributed by atoms with Gasteiger partial charge in [-0.25, -0.2) is 9.97 Å². The van der Waals surface area contributed by atoms with Crippen LogP contribution < -0.4 is 5.44 Å². The number of hydrogen-bond donors (Lipinski definition) is 0. The van der Waals surface area contributed by atoms with Gasteiger partial charge in [0, 0.05) is 5.39 Å². The monoisotopic (exact) mass is 300 g/mol. The minimum atomic E-state index is -3.48. The lowest BCUT2D eigenvalue weighted by atomic mass is 10.2. The van der Waals surface area contributed by atoms with Gasteiger partial charge in [0.15, 0.2) is 5.44 Å².